The van der Waals surface area contributed by atoms with Crippen molar-refractivity contribution in [2.45, 2.75) is 46.1 Å². The zero-order valence-corrected chi connectivity index (χ0v) is 25.1. The molecule has 0 saturated carbocycles. The van der Waals surface area contributed by atoms with Crippen LogP contribution in [0.5, 0.6) is 11.5 Å². The number of hydrogen-bond acceptors (Lipinski definition) is 10. The first kappa shape index (κ1) is 32.9. The second-order valence-corrected chi connectivity index (χ2v) is 10.8. The number of carbonyl (C=O) groups is 3. The Kier molecular flexibility index (Phi) is 11.1. The fourth-order valence-electron chi connectivity index (χ4n) is 4.27. The van der Waals surface area contributed by atoms with Crippen molar-refractivity contribution in [1.82, 2.24) is 0 Å². The molecule has 0 saturated heterocycles. The van der Waals surface area contributed by atoms with Crippen LogP contribution in [0.2, 0.25) is 0 Å². The number of para-hydroxylation sites is 1. The molecule has 2 amide bonds. The molecule has 0 aliphatic rings. The molecule has 0 heterocycles. The Balaban J connectivity index is 1.64. The van der Waals surface area contributed by atoms with Gasteiger partial charge in [-0.25, -0.2) is 26.5 Å². The SMILES string of the molecule is COc1ccc(NC(C)(C)C(=O)Cc2ccc(N(N)C(=O)N(N)c3ccccc3C)cc2)cc1OC[C@@H](C)CC(=O)ON. The Labute approximate surface area is 251 Å². The van der Waals surface area contributed by atoms with E-state index in [1.54, 1.807) is 68.4 Å². The van der Waals surface area contributed by atoms with Gasteiger partial charge in [0.15, 0.2) is 17.3 Å². The summed E-state index contributed by atoms with van der Waals surface area (Å²) in [6.07, 6.45) is 0.247. The number of hydrazine groups is 2. The van der Waals surface area contributed by atoms with E-state index in [4.69, 9.17) is 27.1 Å². The van der Waals surface area contributed by atoms with Gasteiger partial charge < -0.3 is 19.6 Å². The number of hydrogen-bond donors (Lipinski definition) is 4. The van der Waals surface area contributed by atoms with Crippen molar-refractivity contribution in [1.29, 1.82) is 0 Å². The maximum Gasteiger partial charge on any atom is 0.357 e. The molecule has 12 nitrogen and oxygen atoms in total. The maximum absolute atomic E-state index is 13.3. The van der Waals surface area contributed by atoms with Crippen LogP contribution in [0.3, 0.4) is 0 Å². The number of benzene rings is 3. The van der Waals surface area contributed by atoms with Crippen LogP contribution in [0.4, 0.5) is 21.9 Å². The van der Waals surface area contributed by atoms with Gasteiger partial charge in [0.25, 0.3) is 0 Å². The molecule has 3 aromatic carbocycles. The Morgan fingerprint density at radius 1 is 0.953 bits per heavy atom. The monoisotopic (exact) mass is 592 g/mol. The first-order valence-electron chi connectivity index (χ1n) is 13.7. The number of carbonyl (C=O) groups excluding carboxylic acids is 3. The molecule has 0 bridgehead atoms. The van der Waals surface area contributed by atoms with Gasteiger partial charge in [-0.1, -0.05) is 37.3 Å². The highest BCUT2D eigenvalue weighted by atomic mass is 16.7. The molecule has 230 valence electrons. The predicted molar refractivity (Wildman–Crippen MR) is 165 cm³/mol. The van der Waals surface area contributed by atoms with Gasteiger partial charge in [-0.2, -0.15) is 5.90 Å². The molecule has 7 N–H and O–H groups in total. The van der Waals surface area contributed by atoms with Gasteiger partial charge >= 0.3 is 12.0 Å². The lowest BCUT2D eigenvalue weighted by Crippen LogP contribution is -2.51. The summed E-state index contributed by atoms with van der Waals surface area (Å²) in [5.74, 6) is 17.2. The highest BCUT2D eigenvalue weighted by molar-refractivity contribution is 6.02. The van der Waals surface area contributed by atoms with Crippen LogP contribution in [0.25, 0.3) is 0 Å². The zero-order chi connectivity index (χ0) is 31.7. The number of nitrogens with one attached hydrogen (secondary N) is 1. The standard InChI is InChI=1S/C31H40N6O6/c1-20(16-29(39)43-34)19-42-27-18-23(12-15-26(27)41-5)35-31(3,4)28(38)17-22-10-13-24(14-11-22)36(32)30(40)37(33)25-9-7-6-8-21(25)2/h6-15,18,20,35H,16-17,19,32-34H2,1-5H3/t20-/m0/s1. The number of anilines is 3. The minimum atomic E-state index is -0.938. The molecule has 0 aliphatic heterocycles. The van der Waals surface area contributed by atoms with Crippen molar-refractivity contribution in [2.75, 3.05) is 29.1 Å². The zero-order valence-electron chi connectivity index (χ0n) is 25.1. The number of ketones is 1. The van der Waals surface area contributed by atoms with Crippen molar-refractivity contribution in [3.63, 3.8) is 0 Å². The molecule has 0 unspecified atom stereocenters. The molecule has 43 heavy (non-hydrogen) atoms. The van der Waals surface area contributed by atoms with Gasteiger partial charge in [0, 0.05) is 24.1 Å². The third-order valence-electron chi connectivity index (χ3n) is 6.85. The van der Waals surface area contributed by atoms with Crippen LogP contribution in [0.15, 0.2) is 66.7 Å². The van der Waals surface area contributed by atoms with E-state index in [9.17, 15) is 14.4 Å². The second kappa shape index (κ2) is 14.5. The van der Waals surface area contributed by atoms with Gasteiger partial charge in [-0.05, 0) is 62.2 Å². The Bertz CT molecular complexity index is 1430. The molecule has 0 spiro atoms. The van der Waals surface area contributed by atoms with Crippen LogP contribution in [0, 0.1) is 12.8 Å². The van der Waals surface area contributed by atoms with E-state index in [1.807, 2.05) is 26.0 Å². The number of methoxy groups -OCH3 is 1. The van der Waals surface area contributed by atoms with Crippen molar-refractivity contribution >= 4 is 34.8 Å². The molecule has 3 aromatic rings. The topological polar surface area (TPSA) is 175 Å². The summed E-state index contributed by atoms with van der Waals surface area (Å²) >= 11 is 0. The Morgan fingerprint density at radius 3 is 2.26 bits per heavy atom. The first-order valence-corrected chi connectivity index (χ1v) is 13.7. The number of urea groups is 1. The van der Waals surface area contributed by atoms with Crippen molar-refractivity contribution in [2.24, 2.45) is 23.5 Å². The summed E-state index contributed by atoms with van der Waals surface area (Å²) in [6.45, 7) is 7.49. The molecular weight excluding hydrogens is 552 g/mol. The number of nitrogens with zero attached hydrogens (tertiary/aromatic N) is 2. The molecule has 0 fully saturated rings. The van der Waals surface area contributed by atoms with E-state index >= 15 is 0 Å². The lowest BCUT2D eigenvalue weighted by atomic mass is 9.93. The van der Waals surface area contributed by atoms with Crippen LogP contribution in [-0.4, -0.2) is 37.0 Å². The minimum absolute atomic E-state index is 0.0687. The van der Waals surface area contributed by atoms with E-state index in [0.29, 0.717) is 28.6 Å². The van der Waals surface area contributed by atoms with Crippen molar-refractivity contribution < 1.29 is 28.7 Å². The highest BCUT2D eigenvalue weighted by Gasteiger charge is 2.28. The normalized spacial score (nSPS) is 11.7. The first-order chi connectivity index (χ1) is 20.4. The number of Topliss-reactive ketones (excluding diaryl/α,β-unsaturated/α-hetero) is 1. The molecule has 0 aromatic heterocycles. The number of aryl methyl sites for hydroxylation is 1. The molecular formula is C31H40N6O6. The van der Waals surface area contributed by atoms with E-state index < -0.39 is 17.5 Å². The summed E-state index contributed by atoms with van der Waals surface area (Å²) in [6, 6.07) is 18.7. The molecule has 12 heteroatoms. The van der Waals surface area contributed by atoms with Gasteiger partial charge in [0.05, 0.1) is 37.1 Å². The van der Waals surface area contributed by atoms with Gasteiger partial charge in [0.1, 0.15) is 0 Å². The van der Waals surface area contributed by atoms with Crippen LogP contribution < -0.4 is 42.4 Å². The van der Waals surface area contributed by atoms with E-state index in [1.165, 1.54) is 7.11 Å². The molecule has 1 atom stereocenters. The molecule has 0 aliphatic carbocycles. The highest BCUT2D eigenvalue weighted by Crippen LogP contribution is 2.32. The Morgan fingerprint density at radius 2 is 1.63 bits per heavy atom. The number of rotatable bonds is 13. The smallest absolute Gasteiger partial charge is 0.357 e. The predicted octanol–water partition coefficient (Wildman–Crippen LogP) is 4.01. The number of amides is 2. The average Bonchev–Trinajstić information content (AvgIpc) is 2.99. The van der Waals surface area contributed by atoms with Crippen molar-refractivity contribution in [3.05, 3.63) is 77.9 Å². The van der Waals surface area contributed by atoms with Crippen LogP contribution in [0.1, 0.15) is 38.3 Å². The van der Waals surface area contributed by atoms with Crippen LogP contribution >= 0.6 is 0 Å². The van der Waals surface area contributed by atoms with E-state index in [-0.39, 0.29) is 31.1 Å². The fourth-order valence-corrected chi connectivity index (χ4v) is 4.27. The van der Waals surface area contributed by atoms with E-state index in [0.717, 1.165) is 21.1 Å². The number of ether oxygens (including phenoxy) is 2. The summed E-state index contributed by atoms with van der Waals surface area (Å²) in [4.78, 5) is 41.8. The van der Waals surface area contributed by atoms with Gasteiger partial charge in [-0.15, -0.1) is 0 Å². The Hall–Kier alpha value is -4.65. The summed E-state index contributed by atoms with van der Waals surface area (Å²) in [5.41, 5.74) is 2.25. The quantitative estimate of drug-likeness (QED) is 0.129. The second-order valence-electron chi connectivity index (χ2n) is 10.8. The van der Waals surface area contributed by atoms with Gasteiger partial charge in [0.2, 0.25) is 0 Å². The molecule has 0 radical (unpaired) electrons. The van der Waals surface area contributed by atoms with Crippen LogP contribution in [-0.2, 0) is 20.8 Å². The third-order valence-corrected chi connectivity index (χ3v) is 6.85. The lowest BCUT2D eigenvalue weighted by molar-refractivity contribution is -0.145. The largest absolute Gasteiger partial charge is 0.493 e. The van der Waals surface area contributed by atoms with Gasteiger partial charge in [-0.3, -0.25) is 9.59 Å². The summed E-state index contributed by atoms with van der Waals surface area (Å²) in [5, 5.41) is 5.22. The summed E-state index contributed by atoms with van der Waals surface area (Å²) < 4.78 is 11.3. The third kappa shape index (κ3) is 8.67. The number of nitrogens with two attached hydrogens (primary N) is 3. The van der Waals surface area contributed by atoms with E-state index in [2.05, 4.69) is 10.2 Å². The minimum Gasteiger partial charge on any atom is -0.493 e. The average molecular weight is 593 g/mol. The maximum atomic E-state index is 13.3. The molecule has 3 rings (SSSR count). The summed E-state index contributed by atoms with van der Waals surface area (Å²) in [7, 11) is 1.53. The lowest BCUT2D eigenvalue weighted by Gasteiger charge is -2.27. The fraction of sp³-hybridized carbons (Fsp3) is 0.323. The van der Waals surface area contributed by atoms with Crippen molar-refractivity contribution in [3.8, 4) is 11.5 Å².